The molecule has 1 aromatic heterocycles. The fourth-order valence-electron chi connectivity index (χ4n) is 3.72. The minimum absolute atomic E-state index is 0.0258. The molecule has 156 valence electrons. The molecule has 0 unspecified atom stereocenters. The van der Waals surface area contributed by atoms with Crippen LogP contribution in [0.4, 0.5) is 4.39 Å². The molecule has 1 aliphatic carbocycles. The van der Waals surface area contributed by atoms with Crippen LogP contribution in [-0.2, 0) is 17.6 Å². The summed E-state index contributed by atoms with van der Waals surface area (Å²) in [5, 5.41) is 11.4. The van der Waals surface area contributed by atoms with Gasteiger partial charge in [-0.1, -0.05) is 54.2 Å². The highest BCUT2D eigenvalue weighted by Gasteiger charge is 2.25. The zero-order chi connectivity index (χ0) is 21.1. The fourth-order valence-corrected chi connectivity index (χ4v) is 4.52. The Hall–Kier alpha value is -2.87. The number of hydrogen-bond donors (Lipinski definition) is 2. The van der Waals surface area contributed by atoms with Crippen molar-refractivity contribution in [2.75, 3.05) is 5.84 Å². The van der Waals surface area contributed by atoms with E-state index in [0.29, 0.717) is 16.5 Å². The summed E-state index contributed by atoms with van der Waals surface area (Å²) in [5.74, 6) is 6.18. The molecule has 0 bridgehead atoms. The van der Waals surface area contributed by atoms with Gasteiger partial charge in [0.1, 0.15) is 5.82 Å². The highest BCUT2D eigenvalue weighted by molar-refractivity contribution is 8.00. The van der Waals surface area contributed by atoms with E-state index in [-0.39, 0.29) is 24.2 Å². The van der Waals surface area contributed by atoms with Crippen LogP contribution in [0.15, 0.2) is 53.7 Å². The van der Waals surface area contributed by atoms with Crippen LogP contribution in [0.5, 0.6) is 0 Å². The summed E-state index contributed by atoms with van der Waals surface area (Å²) in [6.45, 7) is 1.82. The van der Waals surface area contributed by atoms with Gasteiger partial charge in [0.25, 0.3) is 0 Å². The molecular formula is C22H24FN5OS. The van der Waals surface area contributed by atoms with Gasteiger partial charge in [-0.05, 0) is 48.9 Å². The van der Waals surface area contributed by atoms with E-state index in [4.69, 9.17) is 5.84 Å². The van der Waals surface area contributed by atoms with E-state index in [1.54, 1.807) is 18.2 Å². The molecule has 3 N–H and O–H groups in total. The van der Waals surface area contributed by atoms with Crippen molar-refractivity contribution < 1.29 is 9.18 Å². The first-order chi connectivity index (χ1) is 14.5. The second-order valence-corrected chi connectivity index (χ2v) is 8.76. The van der Waals surface area contributed by atoms with Crippen LogP contribution in [0.25, 0.3) is 0 Å². The highest BCUT2D eigenvalue weighted by atomic mass is 32.2. The second kappa shape index (κ2) is 8.87. The molecule has 6 nitrogen and oxygen atoms in total. The standard InChI is InChI=1S/C22H24FN5OS/c1-14(21(29)25-19-12-6-9-15-7-2-4-10-17(15)19)30-22-27-26-20(28(22)24)13-16-8-3-5-11-18(16)23/h2-5,7-8,10-11,14,19H,6,9,12-13,24H2,1H3,(H,25,29)/t14-,19+/m0/s1. The average Bonchev–Trinajstić information content (AvgIpc) is 3.09. The number of rotatable bonds is 6. The second-order valence-electron chi connectivity index (χ2n) is 7.45. The van der Waals surface area contributed by atoms with Crippen LogP contribution in [-0.4, -0.2) is 26.0 Å². The van der Waals surface area contributed by atoms with Gasteiger partial charge < -0.3 is 11.2 Å². The Labute approximate surface area is 179 Å². The maximum Gasteiger partial charge on any atom is 0.233 e. The summed E-state index contributed by atoms with van der Waals surface area (Å²) in [4.78, 5) is 12.8. The van der Waals surface area contributed by atoms with Gasteiger partial charge in [0.05, 0.1) is 11.3 Å². The molecule has 0 fully saturated rings. The monoisotopic (exact) mass is 425 g/mol. The van der Waals surface area contributed by atoms with Crippen molar-refractivity contribution in [2.45, 2.75) is 49.1 Å². The Kier molecular flexibility index (Phi) is 6.03. The normalized spacial score (nSPS) is 16.7. The number of carbonyl (C=O) groups is 1. The summed E-state index contributed by atoms with van der Waals surface area (Å²) in [6.07, 6.45) is 3.27. The Morgan fingerprint density at radius 1 is 1.27 bits per heavy atom. The van der Waals surface area contributed by atoms with E-state index >= 15 is 0 Å². The molecule has 3 aromatic rings. The number of hydrogen-bond acceptors (Lipinski definition) is 5. The molecule has 8 heteroatoms. The summed E-state index contributed by atoms with van der Waals surface area (Å²) >= 11 is 1.24. The van der Waals surface area contributed by atoms with E-state index < -0.39 is 5.25 Å². The van der Waals surface area contributed by atoms with E-state index in [0.717, 1.165) is 19.3 Å². The number of nitrogens with one attached hydrogen (secondary N) is 1. The van der Waals surface area contributed by atoms with Crippen LogP contribution in [0.3, 0.4) is 0 Å². The molecule has 1 amide bonds. The fraction of sp³-hybridized carbons (Fsp3) is 0.318. The summed E-state index contributed by atoms with van der Waals surface area (Å²) in [5.41, 5.74) is 2.99. The molecular weight excluding hydrogens is 401 g/mol. The number of aromatic nitrogens is 3. The molecule has 1 aliphatic rings. The largest absolute Gasteiger partial charge is 0.348 e. The van der Waals surface area contributed by atoms with Crippen molar-refractivity contribution >= 4 is 17.7 Å². The zero-order valence-electron chi connectivity index (χ0n) is 16.7. The first-order valence-electron chi connectivity index (χ1n) is 10.0. The lowest BCUT2D eigenvalue weighted by Gasteiger charge is -2.27. The lowest BCUT2D eigenvalue weighted by molar-refractivity contribution is -0.121. The van der Waals surface area contributed by atoms with E-state index in [1.807, 2.05) is 19.1 Å². The molecule has 0 aliphatic heterocycles. The van der Waals surface area contributed by atoms with E-state index in [1.165, 1.54) is 33.6 Å². The number of thioether (sulfide) groups is 1. The molecule has 0 radical (unpaired) electrons. The molecule has 0 saturated heterocycles. The van der Waals surface area contributed by atoms with Gasteiger partial charge in [-0.2, -0.15) is 0 Å². The van der Waals surface area contributed by atoms with Crippen LogP contribution >= 0.6 is 11.8 Å². The topological polar surface area (TPSA) is 85.8 Å². The minimum Gasteiger partial charge on any atom is -0.348 e. The number of fused-ring (bicyclic) bond motifs is 1. The number of nitrogens with zero attached hydrogens (tertiary/aromatic N) is 3. The van der Waals surface area contributed by atoms with Crippen LogP contribution in [0, 0.1) is 5.82 Å². The first-order valence-corrected chi connectivity index (χ1v) is 10.9. The van der Waals surface area contributed by atoms with Crippen molar-refractivity contribution in [3.8, 4) is 0 Å². The smallest absolute Gasteiger partial charge is 0.233 e. The molecule has 0 saturated carbocycles. The quantitative estimate of drug-likeness (QED) is 0.467. The van der Waals surface area contributed by atoms with Crippen molar-refractivity contribution in [1.29, 1.82) is 0 Å². The SMILES string of the molecule is C[C@H](Sc1nnc(Cc2ccccc2F)n1N)C(=O)N[C@@H]1CCCc2ccccc21. The Morgan fingerprint density at radius 3 is 2.87 bits per heavy atom. The Bertz CT molecular complexity index is 1050. The summed E-state index contributed by atoms with van der Waals surface area (Å²) in [7, 11) is 0. The van der Waals surface area contributed by atoms with Crippen molar-refractivity contribution in [3.63, 3.8) is 0 Å². The van der Waals surface area contributed by atoms with Gasteiger partial charge in [0.15, 0.2) is 5.82 Å². The van der Waals surface area contributed by atoms with Gasteiger partial charge in [-0.3, -0.25) is 4.79 Å². The van der Waals surface area contributed by atoms with Crippen molar-refractivity contribution in [2.24, 2.45) is 0 Å². The van der Waals surface area contributed by atoms with Gasteiger partial charge in [0, 0.05) is 6.42 Å². The molecule has 4 rings (SSSR count). The average molecular weight is 426 g/mol. The third-order valence-electron chi connectivity index (χ3n) is 5.38. The van der Waals surface area contributed by atoms with Crippen LogP contribution in [0.2, 0.25) is 0 Å². The predicted molar refractivity (Wildman–Crippen MR) is 115 cm³/mol. The van der Waals surface area contributed by atoms with Gasteiger partial charge in [0.2, 0.25) is 11.1 Å². The van der Waals surface area contributed by atoms with Gasteiger partial charge in [-0.15, -0.1) is 10.2 Å². The van der Waals surface area contributed by atoms with Crippen LogP contribution < -0.4 is 11.2 Å². The van der Waals surface area contributed by atoms with Gasteiger partial charge >= 0.3 is 0 Å². The molecule has 0 spiro atoms. The van der Waals surface area contributed by atoms with Crippen molar-refractivity contribution in [1.82, 2.24) is 20.2 Å². The summed E-state index contributed by atoms with van der Waals surface area (Å²) < 4.78 is 15.2. The van der Waals surface area contributed by atoms with E-state index in [2.05, 4.69) is 27.6 Å². The Morgan fingerprint density at radius 2 is 2.03 bits per heavy atom. The number of halogens is 1. The lowest BCUT2D eigenvalue weighted by Crippen LogP contribution is -2.36. The minimum atomic E-state index is -0.396. The number of nitrogens with two attached hydrogens (primary N) is 1. The first kappa shape index (κ1) is 20.4. The number of nitrogen functional groups attached to an aromatic ring is 1. The van der Waals surface area contributed by atoms with Gasteiger partial charge in [-0.25, -0.2) is 9.07 Å². The summed E-state index contributed by atoms with van der Waals surface area (Å²) in [6, 6.07) is 14.8. The van der Waals surface area contributed by atoms with Crippen molar-refractivity contribution in [3.05, 3.63) is 76.9 Å². The number of amides is 1. The lowest BCUT2D eigenvalue weighted by atomic mass is 9.88. The number of aryl methyl sites for hydroxylation is 1. The maximum absolute atomic E-state index is 13.9. The molecule has 2 aromatic carbocycles. The van der Waals surface area contributed by atoms with Crippen LogP contribution in [0.1, 0.15) is 48.3 Å². The third kappa shape index (κ3) is 4.33. The Balaban J connectivity index is 1.41. The third-order valence-corrected chi connectivity index (χ3v) is 6.44. The predicted octanol–water partition coefficient (Wildman–Crippen LogP) is 3.40. The van der Waals surface area contributed by atoms with E-state index in [9.17, 15) is 9.18 Å². The molecule has 30 heavy (non-hydrogen) atoms. The number of carbonyl (C=O) groups excluding carboxylic acids is 1. The highest BCUT2D eigenvalue weighted by Crippen LogP contribution is 2.30. The zero-order valence-corrected chi connectivity index (χ0v) is 17.5. The molecule has 1 heterocycles. The maximum atomic E-state index is 13.9. The molecule has 2 atom stereocenters. The number of benzene rings is 2.